The van der Waals surface area contributed by atoms with Gasteiger partial charge in [-0.15, -0.1) is 0 Å². The molecule has 7 nitrogen and oxygen atoms in total. The molecule has 2 atom stereocenters. The first kappa shape index (κ1) is 26.8. The largest absolute Gasteiger partial charge is 0.391 e. The van der Waals surface area contributed by atoms with Crippen LogP contribution in [0.1, 0.15) is 61.5 Å². The van der Waals surface area contributed by atoms with E-state index in [0.717, 1.165) is 24.1 Å². The summed E-state index contributed by atoms with van der Waals surface area (Å²) in [5.41, 5.74) is 2.50. The number of hydrogen-bond donors (Lipinski definition) is 4. The maximum Gasteiger partial charge on any atom is 0.251 e. The maximum absolute atomic E-state index is 12.3. The molecule has 0 heterocycles. The van der Waals surface area contributed by atoms with Gasteiger partial charge in [0.05, 0.1) is 6.10 Å². The summed E-state index contributed by atoms with van der Waals surface area (Å²) in [5.74, 6) is 5.45. The molecule has 0 fully saturated rings. The fourth-order valence-corrected chi connectivity index (χ4v) is 3.17. The Balaban J connectivity index is 1.94. The number of anilines is 1. The minimum atomic E-state index is -1.18. The number of rotatable bonds is 10. The van der Waals surface area contributed by atoms with Crippen LogP contribution in [0.5, 0.6) is 0 Å². The van der Waals surface area contributed by atoms with Gasteiger partial charge < -0.3 is 20.8 Å². The minimum Gasteiger partial charge on any atom is -0.391 e. The van der Waals surface area contributed by atoms with Crippen molar-refractivity contribution in [3.63, 3.8) is 0 Å². The van der Waals surface area contributed by atoms with Crippen LogP contribution < -0.4 is 10.6 Å². The summed E-state index contributed by atoms with van der Waals surface area (Å²) >= 11 is 0. The molecule has 0 aliphatic carbocycles. The van der Waals surface area contributed by atoms with Crippen LogP contribution in [0.15, 0.2) is 48.5 Å². The molecular formula is C27H32N2O5. The van der Waals surface area contributed by atoms with Gasteiger partial charge in [-0.3, -0.25) is 14.4 Å². The highest BCUT2D eigenvalue weighted by Crippen LogP contribution is 2.12. The van der Waals surface area contributed by atoms with E-state index in [4.69, 9.17) is 5.11 Å². The van der Waals surface area contributed by atoms with Gasteiger partial charge in [-0.2, -0.15) is 0 Å². The Morgan fingerprint density at radius 2 is 1.47 bits per heavy atom. The molecule has 0 bridgehead atoms. The molecule has 0 radical (unpaired) electrons. The van der Waals surface area contributed by atoms with E-state index in [9.17, 15) is 19.5 Å². The van der Waals surface area contributed by atoms with E-state index < -0.39 is 30.4 Å². The van der Waals surface area contributed by atoms with Crippen LogP contribution in [-0.2, 0) is 9.59 Å². The number of benzene rings is 2. The molecule has 2 rings (SSSR count). The van der Waals surface area contributed by atoms with Gasteiger partial charge in [0.1, 0.15) is 12.6 Å². The summed E-state index contributed by atoms with van der Waals surface area (Å²) in [6, 6.07) is 12.6. The third kappa shape index (κ3) is 8.81. The van der Waals surface area contributed by atoms with Crippen molar-refractivity contribution in [1.29, 1.82) is 0 Å². The number of ketones is 1. The molecule has 7 heteroatoms. The molecule has 2 aromatic rings. The van der Waals surface area contributed by atoms with Crippen molar-refractivity contribution in [2.75, 3.05) is 11.9 Å². The van der Waals surface area contributed by atoms with E-state index in [1.165, 1.54) is 6.92 Å². The smallest absolute Gasteiger partial charge is 0.251 e. The second-order valence-corrected chi connectivity index (χ2v) is 8.56. The maximum atomic E-state index is 12.3. The van der Waals surface area contributed by atoms with Gasteiger partial charge in [0.15, 0.2) is 5.78 Å². The lowest BCUT2D eigenvalue weighted by atomic mass is 10.1. The number of amides is 2. The number of carbonyl (C=O) groups is 3. The molecule has 0 aliphatic rings. The SMILES string of the molecule is CC(C)CCCC(=O)Nc1ccc(C#Cc2ccc(C(=O)N[C@H](C(=O)CO)[C@@H](C)O)cc2)cc1. The van der Waals surface area contributed by atoms with Crippen molar-refractivity contribution in [2.24, 2.45) is 5.92 Å². The van der Waals surface area contributed by atoms with E-state index in [1.54, 1.807) is 24.3 Å². The van der Waals surface area contributed by atoms with E-state index in [-0.39, 0.29) is 5.91 Å². The fraction of sp³-hybridized carbons (Fsp3) is 0.370. The Labute approximate surface area is 200 Å². The van der Waals surface area contributed by atoms with Crippen LogP contribution in [0.2, 0.25) is 0 Å². The van der Waals surface area contributed by atoms with Gasteiger partial charge in [-0.05, 0) is 67.8 Å². The molecule has 2 aromatic carbocycles. The average Bonchev–Trinajstić information content (AvgIpc) is 2.81. The van der Waals surface area contributed by atoms with E-state index in [2.05, 4.69) is 36.3 Å². The standard InChI is InChI=1S/C27H32N2O5/c1-18(2)5-4-6-25(33)28-23-15-11-21(12-16-23)8-7-20-9-13-22(14-10-20)27(34)29-26(19(3)31)24(32)17-30/h9-16,18-19,26,30-31H,4-6,17H2,1-3H3,(H,28,33)(H,29,34)/t19-,26+/m1/s1. The van der Waals surface area contributed by atoms with Crippen LogP contribution in [0.3, 0.4) is 0 Å². The van der Waals surface area contributed by atoms with Gasteiger partial charge in [0.2, 0.25) is 5.91 Å². The first-order valence-electron chi connectivity index (χ1n) is 11.3. The molecule has 4 N–H and O–H groups in total. The Hall–Kier alpha value is -3.47. The lowest BCUT2D eigenvalue weighted by Crippen LogP contribution is -2.48. The predicted octanol–water partition coefficient (Wildman–Crippen LogP) is 2.89. The van der Waals surface area contributed by atoms with Crippen LogP contribution in [-0.4, -0.2) is 46.6 Å². The Morgan fingerprint density at radius 1 is 0.912 bits per heavy atom. The Morgan fingerprint density at radius 3 is 1.97 bits per heavy atom. The second kappa shape index (κ2) is 13.3. The van der Waals surface area contributed by atoms with Gasteiger partial charge in [-0.1, -0.05) is 32.1 Å². The number of hydrogen-bond acceptors (Lipinski definition) is 5. The highest BCUT2D eigenvalue weighted by atomic mass is 16.3. The van der Waals surface area contributed by atoms with Crippen LogP contribution in [0.4, 0.5) is 5.69 Å². The Bertz CT molecular complexity index is 1030. The average molecular weight is 465 g/mol. The van der Waals surface area contributed by atoms with Gasteiger partial charge >= 0.3 is 0 Å². The topological polar surface area (TPSA) is 116 Å². The molecule has 0 saturated carbocycles. The van der Waals surface area contributed by atoms with E-state index >= 15 is 0 Å². The van der Waals surface area contributed by atoms with Crippen molar-refractivity contribution < 1.29 is 24.6 Å². The minimum absolute atomic E-state index is 0.00380. The van der Waals surface area contributed by atoms with Crippen molar-refractivity contribution in [1.82, 2.24) is 5.32 Å². The summed E-state index contributed by atoms with van der Waals surface area (Å²) in [7, 11) is 0. The van der Waals surface area contributed by atoms with Gasteiger partial charge in [0, 0.05) is 28.8 Å². The number of nitrogens with one attached hydrogen (secondary N) is 2. The number of aliphatic hydroxyl groups is 2. The fourth-order valence-electron chi connectivity index (χ4n) is 3.17. The molecule has 180 valence electrons. The van der Waals surface area contributed by atoms with Crippen LogP contribution in [0, 0.1) is 17.8 Å². The summed E-state index contributed by atoms with van der Waals surface area (Å²) in [4.78, 5) is 36.0. The zero-order valence-electron chi connectivity index (χ0n) is 19.8. The summed E-state index contributed by atoms with van der Waals surface area (Å²) in [5, 5.41) is 24.0. The first-order valence-corrected chi connectivity index (χ1v) is 11.3. The zero-order chi connectivity index (χ0) is 25.1. The zero-order valence-corrected chi connectivity index (χ0v) is 19.8. The third-order valence-corrected chi connectivity index (χ3v) is 5.12. The van der Waals surface area contributed by atoms with E-state index in [1.807, 2.05) is 24.3 Å². The van der Waals surface area contributed by atoms with Crippen molar-refractivity contribution in [3.05, 3.63) is 65.2 Å². The number of aliphatic hydroxyl groups excluding tert-OH is 2. The van der Waals surface area contributed by atoms with Crippen molar-refractivity contribution >= 4 is 23.3 Å². The monoisotopic (exact) mass is 464 g/mol. The van der Waals surface area contributed by atoms with Crippen molar-refractivity contribution in [3.8, 4) is 11.8 Å². The summed E-state index contributed by atoms with van der Waals surface area (Å²) in [6.07, 6.45) is 1.28. The van der Waals surface area contributed by atoms with Crippen molar-refractivity contribution in [2.45, 2.75) is 52.2 Å². The molecule has 0 aromatic heterocycles. The third-order valence-electron chi connectivity index (χ3n) is 5.12. The molecule has 0 unspecified atom stereocenters. The highest BCUT2D eigenvalue weighted by molar-refractivity contribution is 5.98. The molecule has 0 spiro atoms. The lowest BCUT2D eigenvalue weighted by Gasteiger charge is -2.19. The quantitative estimate of drug-likeness (QED) is 0.404. The Kier molecular flexibility index (Phi) is 10.5. The highest BCUT2D eigenvalue weighted by Gasteiger charge is 2.25. The summed E-state index contributed by atoms with van der Waals surface area (Å²) < 4.78 is 0. The first-order chi connectivity index (χ1) is 16.2. The number of carbonyl (C=O) groups excluding carboxylic acids is 3. The molecule has 2 amide bonds. The number of Topliss-reactive ketones (excluding diaryl/α,β-unsaturated/α-hetero) is 1. The van der Waals surface area contributed by atoms with Gasteiger partial charge in [-0.25, -0.2) is 0 Å². The molecule has 0 saturated heterocycles. The molecule has 34 heavy (non-hydrogen) atoms. The van der Waals surface area contributed by atoms with Gasteiger partial charge in [0.25, 0.3) is 5.91 Å². The van der Waals surface area contributed by atoms with Crippen LogP contribution in [0.25, 0.3) is 0 Å². The predicted molar refractivity (Wildman–Crippen MR) is 131 cm³/mol. The lowest BCUT2D eigenvalue weighted by molar-refractivity contribution is -0.126. The van der Waals surface area contributed by atoms with E-state index in [0.29, 0.717) is 23.5 Å². The molecule has 0 aliphatic heterocycles. The normalized spacial score (nSPS) is 12.3. The molecular weight excluding hydrogens is 432 g/mol. The van der Waals surface area contributed by atoms with Crippen LogP contribution >= 0.6 is 0 Å². The second-order valence-electron chi connectivity index (χ2n) is 8.56. The summed E-state index contributed by atoms with van der Waals surface area (Å²) in [6.45, 7) is 4.88.